The van der Waals surface area contributed by atoms with Crippen molar-refractivity contribution in [3.05, 3.63) is 42.0 Å². The van der Waals surface area contributed by atoms with Gasteiger partial charge < -0.3 is 0 Å². The van der Waals surface area contributed by atoms with Crippen molar-refractivity contribution in [2.45, 2.75) is 5.16 Å². The Bertz CT molecular complexity index is 729. The van der Waals surface area contributed by atoms with E-state index in [0.29, 0.717) is 10.9 Å². The van der Waals surface area contributed by atoms with Crippen molar-refractivity contribution in [1.82, 2.24) is 24.5 Å². The lowest BCUT2D eigenvalue weighted by atomic mass is 10.2. The molecule has 0 amide bonds. The minimum absolute atomic E-state index is 0.274. The minimum atomic E-state index is -0.274. The van der Waals surface area contributed by atoms with Gasteiger partial charge in [-0.15, -0.1) is 10.2 Å². The maximum absolute atomic E-state index is 12.8. The fourth-order valence-corrected chi connectivity index (χ4v) is 1.96. The molecule has 0 bridgehead atoms. The maximum atomic E-state index is 12.8. The minimum Gasteiger partial charge on any atom is -0.207 e. The molecular weight excluding hydrogens is 267 g/mol. The van der Waals surface area contributed by atoms with Crippen LogP contribution in [0.1, 0.15) is 5.56 Å². The van der Waals surface area contributed by atoms with Crippen LogP contribution < -0.4 is 0 Å². The molecule has 0 aliphatic carbocycles. The Morgan fingerprint density at radius 2 is 2.05 bits per heavy atom. The van der Waals surface area contributed by atoms with Crippen LogP contribution in [-0.2, 0) is 0 Å². The Hall–Kier alpha value is -2.22. The lowest BCUT2D eigenvalue weighted by Gasteiger charge is -1.93. The SMILES string of the molecule is CSc1nnc2n(/N=C/c3ccc(F)cc3)cnn12. The van der Waals surface area contributed by atoms with Crippen molar-refractivity contribution >= 4 is 23.8 Å². The standard InChI is InChI=1S/C11H9FN6S/c1-19-11-16-15-10-17(7-14-18(10)11)13-6-8-2-4-9(12)5-3-8/h2-7H,1H3/b13-6+. The van der Waals surface area contributed by atoms with Gasteiger partial charge in [-0.1, -0.05) is 23.9 Å². The Morgan fingerprint density at radius 1 is 1.26 bits per heavy atom. The summed E-state index contributed by atoms with van der Waals surface area (Å²) in [5.74, 6) is 0.256. The van der Waals surface area contributed by atoms with Crippen LogP contribution in [0.2, 0.25) is 0 Å². The lowest BCUT2D eigenvalue weighted by Crippen LogP contribution is -1.91. The number of hydrogen-bond donors (Lipinski definition) is 0. The molecule has 0 saturated heterocycles. The number of halogens is 1. The van der Waals surface area contributed by atoms with Crippen LogP contribution in [0.25, 0.3) is 5.78 Å². The van der Waals surface area contributed by atoms with Gasteiger partial charge in [0, 0.05) is 0 Å². The van der Waals surface area contributed by atoms with Crippen LogP contribution in [0.15, 0.2) is 40.9 Å². The van der Waals surface area contributed by atoms with Crippen LogP contribution in [0.3, 0.4) is 0 Å². The number of nitrogens with zero attached hydrogens (tertiary/aromatic N) is 6. The summed E-state index contributed by atoms with van der Waals surface area (Å²) in [6.07, 6.45) is 5.05. The third kappa shape index (κ3) is 2.22. The first-order chi connectivity index (χ1) is 9.28. The van der Waals surface area contributed by atoms with Crippen molar-refractivity contribution in [2.75, 3.05) is 6.26 Å². The fraction of sp³-hybridized carbons (Fsp3) is 0.0909. The smallest absolute Gasteiger partial charge is 0.207 e. The highest BCUT2D eigenvalue weighted by atomic mass is 32.2. The monoisotopic (exact) mass is 276 g/mol. The summed E-state index contributed by atoms with van der Waals surface area (Å²) >= 11 is 1.45. The van der Waals surface area contributed by atoms with Crippen molar-refractivity contribution in [2.24, 2.45) is 5.10 Å². The van der Waals surface area contributed by atoms with Crippen LogP contribution in [0, 0.1) is 5.82 Å². The summed E-state index contributed by atoms with van der Waals surface area (Å²) in [4.78, 5) is 0. The topological polar surface area (TPSA) is 60.4 Å². The van der Waals surface area contributed by atoms with E-state index in [2.05, 4.69) is 20.4 Å². The largest absolute Gasteiger partial charge is 0.275 e. The Labute approximate surface area is 112 Å². The van der Waals surface area contributed by atoms with E-state index >= 15 is 0 Å². The van der Waals surface area contributed by atoms with Gasteiger partial charge in [-0.25, -0.2) is 4.39 Å². The third-order valence-electron chi connectivity index (χ3n) is 2.46. The Kier molecular flexibility index (Phi) is 3.00. The molecule has 2 aromatic heterocycles. The second-order valence-electron chi connectivity index (χ2n) is 3.67. The molecule has 0 aliphatic rings. The van der Waals surface area contributed by atoms with Crippen LogP contribution in [0.5, 0.6) is 0 Å². The number of fused-ring (bicyclic) bond motifs is 1. The second kappa shape index (κ2) is 4.81. The zero-order valence-electron chi connectivity index (χ0n) is 9.93. The molecule has 6 nitrogen and oxygen atoms in total. The van der Waals surface area contributed by atoms with Crippen molar-refractivity contribution in [3.63, 3.8) is 0 Å². The molecule has 3 rings (SSSR count). The quantitative estimate of drug-likeness (QED) is 0.539. The molecular formula is C11H9FN6S. The number of rotatable bonds is 3. The van der Waals surface area contributed by atoms with E-state index in [1.54, 1.807) is 29.2 Å². The van der Waals surface area contributed by atoms with E-state index in [0.717, 1.165) is 5.56 Å². The van der Waals surface area contributed by atoms with E-state index in [4.69, 9.17) is 0 Å². The molecule has 0 N–H and O–H groups in total. The molecule has 0 saturated carbocycles. The Balaban J connectivity index is 1.92. The molecule has 0 atom stereocenters. The molecule has 2 heterocycles. The number of benzene rings is 1. The van der Waals surface area contributed by atoms with Gasteiger partial charge >= 0.3 is 0 Å². The predicted octanol–water partition coefficient (Wildman–Crippen LogP) is 1.67. The first kappa shape index (κ1) is 11.8. The number of aromatic nitrogens is 5. The molecule has 96 valence electrons. The van der Waals surface area contributed by atoms with E-state index < -0.39 is 0 Å². The van der Waals surface area contributed by atoms with Crippen molar-refractivity contribution in [1.29, 1.82) is 0 Å². The summed E-state index contributed by atoms with van der Waals surface area (Å²) in [7, 11) is 0. The zero-order valence-corrected chi connectivity index (χ0v) is 10.8. The maximum Gasteiger partial charge on any atom is 0.275 e. The average molecular weight is 276 g/mol. The first-order valence-corrected chi connectivity index (χ1v) is 6.63. The number of hydrogen-bond acceptors (Lipinski definition) is 5. The summed E-state index contributed by atoms with van der Waals surface area (Å²) in [6.45, 7) is 0. The summed E-state index contributed by atoms with van der Waals surface area (Å²) in [5, 5.41) is 17.0. The molecule has 0 unspecified atom stereocenters. The fourth-order valence-electron chi connectivity index (χ4n) is 1.54. The van der Waals surface area contributed by atoms with E-state index in [-0.39, 0.29) is 5.82 Å². The van der Waals surface area contributed by atoms with Gasteiger partial charge in [0.2, 0.25) is 5.16 Å². The summed E-state index contributed by atoms with van der Waals surface area (Å²) < 4.78 is 15.9. The first-order valence-electron chi connectivity index (χ1n) is 5.40. The Morgan fingerprint density at radius 3 is 2.79 bits per heavy atom. The molecule has 0 fully saturated rings. The molecule has 0 aliphatic heterocycles. The van der Waals surface area contributed by atoms with Crippen LogP contribution in [0.4, 0.5) is 4.39 Å². The van der Waals surface area contributed by atoms with Gasteiger partial charge in [-0.2, -0.15) is 19.4 Å². The van der Waals surface area contributed by atoms with Gasteiger partial charge in [0.15, 0.2) is 0 Å². The van der Waals surface area contributed by atoms with E-state index in [1.807, 2.05) is 6.26 Å². The van der Waals surface area contributed by atoms with Gasteiger partial charge in [0.05, 0.1) is 6.21 Å². The van der Waals surface area contributed by atoms with Crippen molar-refractivity contribution in [3.8, 4) is 0 Å². The van der Waals surface area contributed by atoms with Crippen molar-refractivity contribution < 1.29 is 4.39 Å². The van der Waals surface area contributed by atoms with Crippen LogP contribution >= 0.6 is 11.8 Å². The molecule has 3 aromatic rings. The zero-order chi connectivity index (χ0) is 13.2. The van der Waals surface area contributed by atoms with E-state index in [9.17, 15) is 4.39 Å². The molecule has 8 heteroatoms. The molecule has 0 radical (unpaired) electrons. The second-order valence-corrected chi connectivity index (χ2v) is 4.44. The summed E-state index contributed by atoms with van der Waals surface area (Å²) in [5.41, 5.74) is 0.790. The van der Waals surface area contributed by atoms with Gasteiger partial charge in [-0.3, -0.25) is 0 Å². The van der Waals surface area contributed by atoms with Gasteiger partial charge in [0.25, 0.3) is 5.78 Å². The normalized spacial score (nSPS) is 11.7. The van der Waals surface area contributed by atoms with Crippen LogP contribution in [-0.4, -0.2) is 37.0 Å². The predicted molar refractivity (Wildman–Crippen MR) is 69.9 cm³/mol. The number of thioether (sulfide) groups is 1. The average Bonchev–Trinajstić information content (AvgIpc) is 3.00. The lowest BCUT2D eigenvalue weighted by molar-refractivity contribution is 0.628. The van der Waals surface area contributed by atoms with Gasteiger partial charge in [0.1, 0.15) is 12.1 Å². The third-order valence-corrected chi connectivity index (χ3v) is 3.08. The highest BCUT2D eigenvalue weighted by Crippen LogP contribution is 2.12. The highest BCUT2D eigenvalue weighted by molar-refractivity contribution is 7.98. The molecule has 19 heavy (non-hydrogen) atoms. The molecule has 1 aromatic carbocycles. The van der Waals surface area contributed by atoms with E-state index in [1.165, 1.54) is 28.6 Å². The van der Waals surface area contributed by atoms with Gasteiger partial charge in [-0.05, 0) is 24.0 Å². The highest BCUT2D eigenvalue weighted by Gasteiger charge is 2.09. The molecule has 0 spiro atoms. The summed E-state index contributed by atoms with van der Waals surface area (Å²) in [6, 6.07) is 6.05.